The maximum atomic E-state index is 5.28. The Hall–Kier alpha value is -2.63. The van der Waals surface area contributed by atoms with Crippen LogP contribution in [0.1, 0.15) is 6.92 Å². The first-order valence-corrected chi connectivity index (χ1v) is 6.31. The number of aryl methyl sites for hydroxylation is 1. The van der Waals surface area contributed by atoms with E-state index >= 15 is 0 Å². The predicted molar refractivity (Wildman–Crippen MR) is 73.2 cm³/mol. The quantitative estimate of drug-likeness (QED) is 0.729. The van der Waals surface area contributed by atoms with Crippen molar-refractivity contribution < 1.29 is 9.26 Å². The van der Waals surface area contributed by atoms with Crippen LogP contribution in [-0.4, -0.2) is 27.0 Å². The van der Waals surface area contributed by atoms with Crippen LogP contribution >= 0.6 is 0 Å². The Morgan fingerprint density at radius 1 is 1.30 bits per heavy atom. The van der Waals surface area contributed by atoms with Crippen LogP contribution < -0.4 is 4.74 Å². The van der Waals surface area contributed by atoms with Crippen molar-refractivity contribution in [2.75, 3.05) is 7.11 Å². The Morgan fingerprint density at radius 2 is 2.20 bits per heavy atom. The Kier molecular flexibility index (Phi) is 3.20. The first-order chi connectivity index (χ1) is 9.80. The molecule has 1 aromatic carbocycles. The van der Waals surface area contributed by atoms with Crippen molar-refractivity contribution in [1.29, 1.82) is 0 Å². The molecule has 0 amide bonds. The van der Waals surface area contributed by atoms with E-state index in [2.05, 4.69) is 15.2 Å². The van der Waals surface area contributed by atoms with Gasteiger partial charge in [-0.2, -0.15) is 10.1 Å². The van der Waals surface area contributed by atoms with Crippen molar-refractivity contribution in [3.8, 4) is 28.6 Å². The normalized spacial score (nSPS) is 10.7. The van der Waals surface area contributed by atoms with Crippen LogP contribution in [0.5, 0.6) is 5.75 Å². The second-order valence-electron chi connectivity index (χ2n) is 4.24. The van der Waals surface area contributed by atoms with Gasteiger partial charge >= 0.3 is 0 Å². The van der Waals surface area contributed by atoms with Gasteiger partial charge in [-0.3, -0.25) is 4.68 Å². The van der Waals surface area contributed by atoms with E-state index in [1.165, 1.54) is 0 Å². The monoisotopic (exact) mass is 270 g/mol. The van der Waals surface area contributed by atoms with Crippen LogP contribution in [0.15, 0.2) is 41.2 Å². The second kappa shape index (κ2) is 5.16. The third-order valence-corrected chi connectivity index (χ3v) is 2.96. The lowest BCUT2D eigenvalue weighted by atomic mass is 10.2. The van der Waals surface area contributed by atoms with Gasteiger partial charge < -0.3 is 9.26 Å². The number of ether oxygens (including phenoxy) is 1. The van der Waals surface area contributed by atoms with Crippen molar-refractivity contribution in [2.24, 2.45) is 0 Å². The molecule has 102 valence electrons. The molecule has 3 rings (SSSR count). The molecule has 0 radical (unpaired) electrons. The molecule has 0 aliphatic rings. The summed E-state index contributed by atoms with van der Waals surface area (Å²) in [5.41, 5.74) is 1.66. The minimum Gasteiger partial charge on any atom is -0.497 e. The lowest BCUT2D eigenvalue weighted by Crippen LogP contribution is -1.91. The van der Waals surface area contributed by atoms with E-state index in [9.17, 15) is 0 Å². The molecule has 0 fully saturated rings. The fraction of sp³-hybridized carbons (Fsp3) is 0.214. The van der Waals surface area contributed by atoms with Gasteiger partial charge in [-0.05, 0) is 19.1 Å². The van der Waals surface area contributed by atoms with Crippen LogP contribution in [0, 0.1) is 0 Å². The Labute approximate surface area is 116 Å². The second-order valence-corrected chi connectivity index (χ2v) is 4.24. The van der Waals surface area contributed by atoms with Crippen LogP contribution in [0.25, 0.3) is 22.8 Å². The van der Waals surface area contributed by atoms with E-state index in [-0.39, 0.29) is 0 Å². The van der Waals surface area contributed by atoms with E-state index in [0.29, 0.717) is 11.7 Å². The Balaban J connectivity index is 1.93. The van der Waals surface area contributed by atoms with E-state index < -0.39 is 0 Å². The predicted octanol–water partition coefficient (Wildman–Crippen LogP) is 2.63. The molecule has 0 aliphatic heterocycles. The minimum absolute atomic E-state index is 0.461. The number of hydrogen-bond acceptors (Lipinski definition) is 5. The van der Waals surface area contributed by atoms with Crippen molar-refractivity contribution in [1.82, 2.24) is 19.9 Å². The number of aromatic nitrogens is 4. The summed E-state index contributed by atoms with van der Waals surface area (Å²) >= 11 is 0. The Morgan fingerprint density at radius 3 is 2.95 bits per heavy atom. The molecule has 0 atom stereocenters. The average Bonchev–Trinajstić information content (AvgIpc) is 3.15. The topological polar surface area (TPSA) is 66.0 Å². The number of benzene rings is 1. The SMILES string of the molecule is CCn1cc(-c2nc(-c3cccc(OC)c3)no2)cn1. The summed E-state index contributed by atoms with van der Waals surface area (Å²) in [6, 6.07) is 7.53. The first kappa shape index (κ1) is 12.4. The summed E-state index contributed by atoms with van der Waals surface area (Å²) in [6.45, 7) is 2.82. The number of rotatable bonds is 4. The molecular weight excluding hydrogens is 256 g/mol. The van der Waals surface area contributed by atoms with Crippen LogP contribution in [0.3, 0.4) is 0 Å². The van der Waals surface area contributed by atoms with E-state index in [1.807, 2.05) is 42.1 Å². The molecule has 3 aromatic rings. The molecule has 0 saturated heterocycles. The number of methoxy groups -OCH3 is 1. The van der Waals surface area contributed by atoms with Crippen molar-refractivity contribution in [2.45, 2.75) is 13.5 Å². The minimum atomic E-state index is 0.461. The summed E-state index contributed by atoms with van der Waals surface area (Å²) in [7, 11) is 1.62. The van der Waals surface area contributed by atoms with Crippen molar-refractivity contribution in [3.05, 3.63) is 36.7 Å². The summed E-state index contributed by atoms with van der Waals surface area (Å²) in [5, 5.41) is 8.18. The highest BCUT2D eigenvalue weighted by Gasteiger charge is 2.12. The van der Waals surface area contributed by atoms with E-state index in [0.717, 1.165) is 23.4 Å². The standard InChI is InChI=1S/C14H14N4O2/c1-3-18-9-11(8-15-18)14-16-13(17-20-14)10-5-4-6-12(7-10)19-2/h4-9H,3H2,1-2H3. The number of nitrogens with zero attached hydrogens (tertiary/aromatic N) is 4. The molecule has 0 saturated carbocycles. The maximum absolute atomic E-state index is 5.28. The lowest BCUT2D eigenvalue weighted by Gasteiger charge is -1.99. The fourth-order valence-corrected chi connectivity index (χ4v) is 1.87. The van der Waals surface area contributed by atoms with Crippen LogP contribution in [0.2, 0.25) is 0 Å². The smallest absolute Gasteiger partial charge is 0.261 e. The molecule has 0 bridgehead atoms. The van der Waals surface area contributed by atoms with Crippen molar-refractivity contribution >= 4 is 0 Å². The van der Waals surface area contributed by atoms with Gasteiger partial charge in [0.25, 0.3) is 5.89 Å². The molecule has 2 aromatic heterocycles. The first-order valence-electron chi connectivity index (χ1n) is 6.31. The largest absolute Gasteiger partial charge is 0.497 e. The summed E-state index contributed by atoms with van der Waals surface area (Å²) in [4.78, 5) is 4.39. The summed E-state index contributed by atoms with van der Waals surface area (Å²) < 4.78 is 12.3. The van der Waals surface area contributed by atoms with Gasteiger partial charge in [0.15, 0.2) is 0 Å². The fourth-order valence-electron chi connectivity index (χ4n) is 1.87. The molecule has 0 N–H and O–H groups in total. The molecule has 6 nitrogen and oxygen atoms in total. The van der Waals surface area contributed by atoms with Gasteiger partial charge in [0.05, 0.1) is 18.9 Å². The summed E-state index contributed by atoms with van der Waals surface area (Å²) in [6.07, 6.45) is 3.59. The summed E-state index contributed by atoms with van der Waals surface area (Å²) in [5.74, 6) is 1.75. The molecule has 6 heteroatoms. The van der Waals surface area contributed by atoms with Gasteiger partial charge in [-0.15, -0.1) is 0 Å². The van der Waals surface area contributed by atoms with Gasteiger partial charge in [0.1, 0.15) is 5.75 Å². The highest BCUT2D eigenvalue weighted by atomic mass is 16.5. The van der Waals surface area contributed by atoms with Gasteiger partial charge in [0, 0.05) is 18.3 Å². The average molecular weight is 270 g/mol. The van der Waals surface area contributed by atoms with Crippen LogP contribution in [0.4, 0.5) is 0 Å². The molecule has 2 heterocycles. The maximum Gasteiger partial charge on any atom is 0.261 e. The van der Waals surface area contributed by atoms with Gasteiger partial charge in [-0.1, -0.05) is 17.3 Å². The third kappa shape index (κ3) is 2.27. The van der Waals surface area contributed by atoms with Crippen LogP contribution in [-0.2, 0) is 6.54 Å². The molecule has 0 aliphatic carbocycles. The van der Waals surface area contributed by atoms with Crippen molar-refractivity contribution in [3.63, 3.8) is 0 Å². The zero-order chi connectivity index (χ0) is 13.9. The molecule has 20 heavy (non-hydrogen) atoms. The molecule has 0 spiro atoms. The zero-order valence-electron chi connectivity index (χ0n) is 11.3. The van der Waals surface area contributed by atoms with Gasteiger partial charge in [0.2, 0.25) is 5.82 Å². The zero-order valence-corrected chi connectivity index (χ0v) is 11.3. The lowest BCUT2D eigenvalue weighted by molar-refractivity contribution is 0.414. The molecular formula is C14H14N4O2. The molecule has 0 unspecified atom stereocenters. The highest BCUT2D eigenvalue weighted by Crippen LogP contribution is 2.24. The number of hydrogen-bond donors (Lipinski definition) is 0. The third-order valence-electron chi connectivity index (χ3n) is 2.96. The highest BCUT2D eigenvalue weighted by molar-refractivity contribution is 5.60. The van der Waals surface area contributed by atoms with E-state index in [4.69, 9.17) is 9.26 Å². The van der Waals surface area contributed by atoms with E-state index in [1.54, 1.807) is 13.3 Å². The van der Waals surface area contributed by atoms with Gasteiger partial charge in [-0.25, -0.2) is 0 Å². The Bertz CT molecular complexity index is 717.